The molecule has 0 spiro atoms. The van der Waals surface area contributed by atoms with Crippen LogP contribution < -0.4 is 10.6 Å². The van der Waals surface area contributed by atoms with Gasteiger partial charge in [0.2, 0.25) is 0 Å². The summed E-state index contributed by atoms with van der Waals surface area (Å²) in [5.41, 5.74) is 4.37. The summed E-state index contributed by atoms with van der Waals surface area (Å²) in [6.45, 7) is 0.736. The third kappa shape index (κ3) is 10.1. The van der Waals surface area contributed by atoms with Crippen molar-refractivity contribution in [3.05, 3.63) is 131 Å². The first-order valence-electron chi connectivity index (χ1n) is 16.2. The zero-order valence-corrected chi connectivity index (χ0v) is 27.6. The third-order valence-electron chi connectivity index (χ3n) is 8.36. The summed E-state index contributed by atoms with van der Waals surface area (Å²) in [4.78, 5) is 27.5. The molecule has 5 N–H and O–H groups in total. The zero-order valence-electron chi connectivity index (χ0n) is 27.6. The first-order chi connectivity index (χ1) is 23.7. The van der Waals surface area contributed by atoms with Crippen LogP contribution in [0.1, 0.15) is 52.7 Å². The van der Waals surface area contributed by atoms with Crippen LogP contribution in [0.25, 0.3) is 0 Å². The Morgan fingerprint density at radius 3 is 2.39 bits per heavy atom. The number of phenolic OH excluding ortho intramolecular Hbond substituents is 1. The normalized spacial score (nSPS) is 18.8. The molecule has 1 heterocycles. The van der Waals surface area contributed by atoms with E-state index in [4.69, 9.17) is 14.2 Å². The van der Waals surface area contributed by atoms with E-state index in [0.29, 0.717) is 36.3 Å². The molecule has 4 aromatic rings. The van der Waals surface area contributed by atoms with Gasteiger partial charge in [-0.2, -0.15) is 0 Å². The van der Waals surface area contributed by atoms with Crippen LogP contribution in [0.3, 0.4) is 0 Å². The van der Waals surface area contributed by atoms with Gasteiger partial charge in [-0.3, -0.25) is 0 Å². The highest BCUT2D eigenvalue weighted by molar-refractivity contribution is 5.92. The number of rotatable bonds is 13. The molecule has 11 heteroatoms. The van der Waals surface area contributed by atoms with Gasteiger partial charge in [-0.15, -0.1) is 0 Å². The zero-order chi connectivity index (χ0) is 34.8. The van der Waals surface area contributed by atoms with Gasteiger partial charge in [0.1, 0.15) is 11.8 Å². The Hall–Kier alpha value is -4.78. The number of aliphatic hydroxyl groups is 2. The molecule has 258 valence electrons. The van der Waals surface area contributed by atoms with Crippen molar-refractivity contribution in [1.29, 1.82) is 0 Å². The molecule has 0 aromatic heterocycles. The van der Waals surface area contributed by atoms with E-state index in [1.54, 1.807) is 42.5 Å². The number of nitrogens with one attached hydrogen (secondary N) is 2. The molecule has 4 aromatic carbocycles. The van der Waals surface area contributed by atoms with Gasteiger partial charge in [0.25, 0.3) is 0 Å². The Labute approximate surface area is 286 Å². The van der Waals surface area contributed by atoms with Crippen LogP contribution in [-0.4, -0.2) is 71.6 Å². The lowest BCUT2D eigenvalue weighted by molar-refractivity contribution is -0.252. The quantitative estimate of drug-likeness (QED) is 0.124. The first kappa shape index (κ1) is 35.5. The number of carbonyl (C=O) groups is 2. The molecule has 0 aliphatic carbocycles. The molecule has 1 aliphatic heterocycles. The van der Waals surface area contributed by atoms with Gasteiger partial charge >= 0.3 is 12.0 Å². The van der Waals surface area contributed by atoms with E-state index in [9.17, 15) is 24.9 Å². The van der Waals surface area contributed by atoms with E-state index in [1.165, 1.54) is 7.11 Å². The van der Waals surface area contributed by atoms with Gasteiger partial charge < -0.3 is 45.1 Å². The van der Waals surface area contributed by atoms with Crippen LogP contribution in [0.2, 0.25) is 0 Å². The van der Waals surface area contributed by atoms with Crippen molar-refractivity contribution in [1.82, 2.24) is 10.2 Å². The maximum atomic E-state index is 13.0. The number of methoxy groups -OCH3 is 1. The molecule has 1 saturated heterocycles. The summed E-state index contributed by atoms with van der Waals surface area (Å²) in [5.74, 6) is -0.463. The van der Waals surface area contributed by atoms with Crippen molar-refractivity contribution in [3.8, 4) is 5.75 Å². The van der Waals surface area contributed by atoms with E-state index in [2.05, 4.69) is 10.6 Å². The lowest BCUT2D eigenvalue weighted by Gasteiger charge is -2.38. The van der Waals surface area contributed by atoms with E-state index >= 15 is 0 Å². The molecular weight excluding hydrogens is 626 g/mol. The highest BCUT2D eigenvalue weighted by Crippen LogP contribution is 2.38. The Morgan fingerprint density at radius 1 is 0.918 bits per heavy atom. The lowest BCUT2D eigenvalue weighted by Crippen LogP contribution is -2.45. The van der Waals surface area contributed by atoms with Crippen molar-refractivity contribution < 1.29 is 39.1 Å². The van der Waals surface area contributed by atoms with Crippen LogP contribution >= 0.6 is 0 Å². The Balaban J connectivity index is 1.29. The summed E-state index contributed by atoms with van der Waals surface area (Å²) in [6.07, 6.45) is -1.41. The largest absolute Gasteiger partial charge is 0.508 e. The molecule has 5 rings (SSSR count). The fourth-order valence-electron chi connectivity index (χ4n) is 5.86. The number of urea groups is 1. The molecule has 0 radical (unpaired) electrons. The smallest absolute Gasteiger partial charge is 0.328 e. The second-order valence-electron chi connectivity index (χ2n) is 12.2. The van der Waals surface area contributed by atoms with Crippen LogP contribution in [0.15, 0.2) is 103 Å². The molecule has 1 aliphatic rings. The molecule has 0 bridgehead atoms. The fourth-order valence-corrected chi connectivity index (χ4v) is 5.86. The van der Waals surface area contributed by atoms with E-state index < -0.39 is 30.4 Å². The molecule has 11 nitrogen and oxygen atoms in total. The number of likely N-dealkylation sites (N-methyl/N-ethyl adjacent to an activating group) is 1. The van der Waals surface area contributed by atoms with Crippen LogP contribution in [0, 0.1) is 0 Å². The number of anilines is 1. The second-order valence-corrected chi connectivity index (χ2v) is 12.2. The van der Waals surface area contributed by atoms with Crippen molar-refractivity contribution in [2.45, 2.75) is 50.1 Å². The monoisotopic (exact) mass is 669 g/mol. The van der Waals surface area contributed by atoms with Gasteiger partial charge in [0.05, 0.1) is 32.0 Å². The average molecular weight is 670 g/mol. The minimum absolute atomic E-state index is 0.0630. The number of benzene rings is 4. The van der Waals surface area contributed by atoms with Gasteiger partial charge in [0.15, 0.2) is 6.29 Å². The van der Waals surface area contributed by atoms with Gasteiger partial charge in [-0.05, 0) is 53.6 Å². The maximum Gasteiger partial charge on any atom is 0.328 e. The number of hydrogen-bond acceptors (Lipinski definition) is 9. The Bertz CT molecular complexity index is 1670. The van der Waals surface area contributed by atoms with Crippen molar-refractivity contribution in [3.63, 3.8) is 0 Å². The molecule has 5 atom stereocenters. The SMILES string of the molecule is COC(=O)[C@H](Cc1ccccc1)NC(=O)Nc1cccc([C@H]2O[C@@H](CN(C)C[C@@H](O)c3cccc(O)c3)C[C@@H](c3ccc(CO)cc3)O2)c1. The summed E-state index contributed by atoms with van der Waals surface area (Å²) in [5, 5.41) is 35.7. The molecule has 0 saturated carbocycles. The predicted molar refractivity (Wildman–Crippen MR) is 184 cm³/mol. The van der Waals surface area contributed by atoms with Gasteiger partial charge in [0, 0.05) is 37.2 Å². The minimum atomic E-state index is -0.887. The van der Waals surface area contributed by atoms with Crippen LogP contribution in [0.4, 0.5) is 10.5 Å². The molecule has 2 amide bonds. The van der Waals surface area contributed by atoms with Crippen molar-refractivity contribution in [2.75, 3.05) is 32.6 Å². The molecule has 0 unspecified atom stereocenters. The number of carbonyl (C=O) groups excluding carboxylic acids is 2. The van der Waals surface area contributed by atoms with Crippen molar-refractivity contribution >= 4 is 17.7 Å². The summed E-state index contributed by atoms with van der Waals surface area (Å²) in [6, 6.07) is 29.2. The molecule has 49 heavy (non-hydrogen) atoms. The third-order valence-corrected chi connectivity index (χ3v) is 8.36. The lowest BCUT2D eigenvalue weighted by atomic mass is 9.99. The van der Waals surface area contributed by atoms with E-state index in [-0.39, 0.29) is 31.0 Å². The number of aromatic hydroxyl groups is 1. The van der Waals surface area contributed by atoms with E-state index in [1.807, 2.05) is 72.6 Å². The van der Waals surface area contributed by atoms with Gasteiger partial charge in [-0.25, -0.2) is 9.59 Å². The number of nitrogens with zero attached hydrogens (tertiary/aromatic N) is 1. The van der Waals surface area contributed by atoms with Crippen molar-refractivity contribution in [2.24, 2.45) is 0 Å². The summed E-state index contributed by atoms with van der Waals surface area (Å²) >= 11 is 0. The topological polar surface area (TPSA) is 150 Å². The molecular formula is C38H43N3O8. The van der Waals surface area contributed by atoms with Crippen LogP contribution in [-0.2, 0) is 32.0 Å². The number of esters is 1. The van der Waals surface area contributed by atoms with Gasteiger partial charge in [-0.1, -0.05) is 78.9 Å². The minimum Gasteiger partial charge on any atom is -0.508 e. The Kier molecular flexibility index (Phi) is 12.4. The average Bonchev–Trinajstić information content (AvgIpc) is 3.11. The highest BCUT2D eigenvalue weighted by Gasteiger charge is 2.33. The summed E-state index contributed by atoms with van der Waals surface area (Å²) in [7, 11) is 3.18. The molecule has 1 fully saturated rings. The summed E-state index contributed by atoms with van der Waals surface area (Å²) < 4.78 is 17.9. The number of aliphatic hydroxyl groups excluding tert-OH is 2. The Morgan fingerprint density at radius 2 is 1.67 bits per heavy atom. The van der Waals surface area contributed by atoms with Crippen LogP contribution in [0.5, 0.6) is 5.75 Å². The predicted octanol–water partition coefficient (Wildman–Crippen LogP) is 5.00. The number of amides is 2. The number of hydrogen-bond donors (Lipinski definition) is 5. The fraction of sp³-hybridized carbons (Fsp3) is 0.316. The standard InChI is InChI=1S/C38H43N3O8/c1-41(23-34(44)28-10-7-13-31(43)20-28)22-32-21-35(27-16-14-26(24-42)15-17-27)49-37(48-32)29-11-6-12-30(19-29)39-38(46)40-33(36(45)47-2)18-25-8-4-3-5-9-25/h3-17,19-20,32-35,37,42-44H,18,21-24H2,1-2H3,(H2,39,40,46)/t32-,33+,34-,35+,37+/m1/s1. The number of phenols is 1. The number of ether oxygens (including phenoxy) is 3. The second kappa shape index (κ2) is 17.0. The highest BCUT2D eigenvalue weighted by atomic mass is 16.7. The first-order valence-corrected chi connectivity index (χ1v) is 16.2. The maximum absolute atomic E-state index is 13.0. The van der Waals surface area contributed by atoms with E-state index in [0.717, 1.165) is 16.7 Å².